The van der Waals surface area contributed by atoms with E-state index in [0.29, 0.717) is 19.0 Å². The molecular formula is C10H24IN5O2S. The van der Waals surface area contributed by atoms with Crippen molar-refractivity contribution < 1.29 is 8.42 Å². The molecule has 1 rings (SSSR count). The summed E-state index contributed by atoms with van der Waals surface area (Å²) in [6, 6.07) is -0.0635. The number of nitrogens with zero attached hydrogens (tertiary/aromatic N) is 3. The number of nitrogens with two attached hydrogens (primary N) is 1. The van der Waals surface area contributed by atoms with E-state index in [1.165, 1.54) is 4.31 Å². The zero-order valence-corrected chi connectivity index (χ0v) is 14.8. The fourth-order valence-electron chi connectivity index (χ4n) is 1.99. The van der Waals surface area contributed by atoms with Crippen LogP contribution in [0.15, 0.2) is 4.99 Å². The van der Waals surface area contributed by atoms with Crippen LogP contribution in [0.5, 0.6) is 0 Å². The molecule has 1 aliphatic rings. The van der Waals surface area contributed by atoms with Gasteiger partial charge < -0.3 is 11.1 Å². The molecule has 0 bridgehead atoms. The summed E-state index contributed by atoms with van der Waals surface area (Å²) in [4.78, 5) is 3.80. The molecule has 114 valence electrons. The molecule has 0 saturated carbocycles. The Morgan fingerprint density at radius 3 is 2.63 bits per heavy atom. The second-order valence-corrected chi connectivity index (χ2v) is 6.64. The van der Waals surface area contributed by atoms with E-state index in [1.807, 2.05) is 0 Å². The molecule has 1 aliphatic heterocycles. The molecule has 1 fully saturated rings. The highest BCUT2D eigenvalue weighted by Gasteiger charge is 2.33. The van der Waals surface area contributed by atoms with Crippen molar-refractivity contribution in [3.05, 3.63) is 0 Å². The summed E-state index contributed by atoms with van der Waals surface area (Å²) in [5.41, 5.74) is 5.56. The Bertz CT molecular complexity index is 399. The molecule has 1 saturated heterocycles. The van der Waals surface area contributed by atoms with E-state index in [2.05, 4.69) is 10.3 Å². The lowest BCUT2D eigenvalue weighted by molar-refractivity contribution is 0.240. The normalized spacial score (nSPS) is 22.1. The van der Waals surface area contributed by atoms with Gasteiger partial charge in [-0.2, -0.15) is 17.0 Å². The van der Waals surface area contributed by atoms with Crippen LogP contribution in [0.3, 0.4) is 0 Å². The fraction of sp³-hybridized carbons (Fsp3) is 0.900. The number of halogens is 1. The maximum Gasteiger partial charge on any atom is 0.281 e. The van der Waals surface area contributed by atoms with E-state index in [4.69, 9.17) is 5.73 Å². The molecular weight excluding hydrogens is 381 g/mol. The average molecular weight is 405 g/mol. The van der Waals surface area contributed by atoms with Crippen LogP contribution in [0, 0.1) is 0 Å². The molecule has 3 N–H and O–H groups in total. The van der Waals surface area contributed by atoms with Crippen LogP contribution in [-0.2, 0) is 10.2 Å². The number of piperidine rings is 1. The molecule has 0 aromatic carbocycles. The number of rotatable bonds is 4. The van der Waals surface area contributed by atoms with Crippen LogP contribution in [-0.4, -0.2) is 63.3 Å². The van der Waals surface area contributed by atoms with Crippen LogP contribution in [0.2, 0.25) is 0 Å². The first kappa shape index (κ1) is 18.9. The number of hydrogen-bond acceptors (Lipinski definition) is 3. The lowest BCUT2D eigenvalue weighted by Gasteiger charge is -2.36. The van der Waals surface area contributed by atoms with Gasteiger partial charge in [-0.05, 0) is 12.8 Å². The largest absolute Gasteiger partial charge is 0.370 e. The summed E-state index contributed by atoms with van der Waals surface area (Å²) in [6.07, 6.45) is 2.78. The molecule has 0 aliphatic carbocycles. The number of aliphatic imine (C=N–C) groups is 1. The van der Waals surface area contributed by atoms with Crippen molar-refractivity contribution in [2.75, 3.05) is 34.2 Å². The Balaban J connectivity index is 0.00000324. The lowest BCUT2D eigenvalue weighted by atomic mass is 10.1. The first-order chi connectivity index (χ1) is 8.39. The Kier molecular flexibility index (Phi) is 8.17. The summed E-state index contributed by atoms with van der Waals surface area (Å²) in [5.74, 6) is 0.336. The molecule has 9 heteroatoms. The molecule has 19 heavy (non-hydrogen) atoms. The fourth-order valence-corrected chi connectivity index (χ4v) is 3.33. The van der Waals surface area contributed by atoms with Gasteiger partial charge >= 0.3 is 0 Å². The molecule has 7 nitrogen and oxygen atoms in total. The monoisotopic (exact) mass is 405 g/mol. The highest BCUT2D eigenvalue weighted by atomic mass is 127. The van der Waals surface area contributed by atoms with Gasteiger partial charge in [-0.3, -0.25) is 4.99 Å². The molecule has 0 aromatic heterocycles. The van der Waals surface area contributed by atoms with Gasteiger partial charge in [0.15, 0.2) is 5.96 Å². The minimum absolute atomic E-state index is 0. The van der Waals surface area contributed by atoms with E-state index in [-0.39, 0.29) is 30.0 Å². The van der Waals surface area contributed by atoms with Crippen LogP contribution >= 0.6 is 24.0 Å². The molecule has 0 aromatic rings. The van der Waals surface area contributed by atoms with Crippen LogP contribution in [0.4, 0.5) is 0 Å². The Labute approximate surface area is 132 Å². The molecule has 1 atom stereocenters. The van der Waals surface area contributed by atoms with Crippen LogP contribution in [0.25, 0.3) is 0 Å². The SMILES string of the molecule is CN=C(N)NCC1CCCCN1S(=O)(=O)N(C)C.I. The van der Waals surface area contributed by atoms with Crippen molar-refractivity contribution in [2.45, 2.75) is 25.3 Å². The minimum Gasteiger partial charge on any atom is -0.370 e. The summed E-state index contributed by atoms with van der Waals surface area (Å²) < 4.78 is 27.1. The Morgan fingerprint density at radius 1 is 1.47 bits per heavy atom. The highest BCUT2D eigenvalue weighted by Crippen LogP contribution is 2.21. The quantitative estimate of drug-likeness (QED) is 0.385. The van der Waals surface area contributed by atoms with Gasteiger partial charge in [-0.15, -0.1) is 24.0 Å². The molecule has 0 spiro atoms. The summed E-state index contributed by atoms with van der Waals surface area (Å²) in [6.45, 7) is 1.06. The van der Waals surface area contributed by atoms with Crippen molar-refractivity contribution in [3.8, 4) is 0 Å². The van der Waals surface area contributed by atoms with E-state index >= 15 is 0 Å². The van der Waals surface area contributed by atoms with Gasteiger partial charge in [0.2, 0.25) is 0 Å². The number of hydrogen-bond donors (Lipinski definition) is 2. The maximum absolute atomic E-state index is 12.2. The van der Waals surface area contributed by atoms with Crippen molar-refractivity contribution >= 4 is 40.1 Å². The number of nitrogens with one attached hydrogen (secondary N) is 1. The van der Waals surface area contributed by atoms with Crippen molar-refractivity contribution in [3.63, 3.8) is 0 Å². The van der Waals surface area contributed by atoms with E-state index in [9.17, 15) is 8.42 Å². The van der Waals surface area contributed by atoms with E-state index in [1.54, 1.807) is 25.4 Å². The van der Waals surface area contributed by atoms with Gasteiger partial charge in [0.25, 0.3) is 10.2 Å². The second kappa shape index (κ2) is 8.22. The van der Waals surface area contributed by atoms with Crippen molar-refractivity contribution in [2.24, 2.45) is 10.7 Å². The van der Waals surface area contributed by atoms with Crippen LogP contribution in [0.1, 0.15) is 19.3 Å². The predicted octanol–water partition coefficient (Wildman–Crippen LogP) is -0.201. The molecule has 0 radical (unpaired) electrons. The smallest absolute Gasteiger partial charge is 0.281 e. The average Bonchev–Trinajstić information content (AvgIpc) is 2.35. The third-order valence-corrected chi connectivity index (χ3v) is 5.09. The molecule has 1 heterocycles. The molecule has 0 amide bonds. The van der Waals surface area contributed by atoms with Gasteiger partial charge in [-0.25, -0.2) is 0 Å². The number of guanidine groups is 1. The predicted molar refractivity (Wildman–Crippen MR) is 87.9 cm³/mol. The van der Waals surface area contributed by atoms with Gasteiger partial charge in [0, 0.05) is 40.3 Å². The third kappa shape index (κ3) is 5.04. The zero-order chi connectivity index (χ0) is 13.8. The third-order valence-electron chi connectivity index (χ3n) is 3.09. The minimum atomic E-state index is -3.36. The zero-order valence-electron chi connectivity index (χ0n) is 11.7. The highest BCUT2D eigenvalue weighted by molar-refractivity contribution is 14.0. The maximum atomic E-state index is 12.2. The summed E-state index contributed by atoms with van der Waals surface area (Å²) >= 11 is 0. The Hall–Kier alpha value is -0.130. The summed E-state index contributed by atoms with van der Waals surface area (Å²) in [7, 11) is 1.34. The summed E-state index contributed by atoms with van der Waals surface area (Å²) in [5, 5.41) is 2.95. The lowest BCUT2D eigenvalue weighted by Crippen LogP contribution is -2.53. The Morgan fingerprint density at radius 2 is 2.11 bits per heavy atom. The van der Waals surface area contributed by atoms with Crippen molar-refractivity contribution in [1.29, 1.82) is 0 Å². The van der Waals surface area contributed by atoms with Gasteiger partial charge in [-0.1, -0.05) is 6.42 Å². The van der Waals surface area contributed by atoms with Gasteiger partial charge in [0.05, 0.1) is 0 Å². The van der Waals surface area contributed by atoms with Crippen LogP contribution < -0.4 is 11.1 Å². The van der Waals surface area contributed by atoms with E-state index < -0.39 is 10.2 Å². The first-order valence-corrected chi connectivity index (χ1v) is 7.44. The van der Waals surface area contributed by atoms with Crippen molar-refractivity contribution in [1.82, 2.24) is 13.9 Å². The molecule has 1 unspecified atom stereocenters. The van der Waals surface area contributed by atoms with E-state index in [0.717, 1.165) is 19.3 Å². The first-order valence-electron chi connectivity index (χ1n) is 6.05. The standard InChI is InChI=1S/C10H23N5O2S.HI/c1-12-10(11)13-8-9-6-4-5-7-15(9)18(16,17)14(2)3;/h9H,4-8H2,1-3H3,(H3,11,12,13);1H. The van der Waals surface area contributed by atoms with Gasteiger partial charge in [0.1, 0.15) is 0 Å². The topological polar surface area (TPSA) is 91.0 Å². The second-order valence-electron chi connectivity index (χ2n) is 4.54.